The van der Waals surface area contributed by atoms with Crippen molar-refractivity contribution in [2.75, 3.05) is 5.32 Å². The Morgan fingerprint density at radius 3 is 2.22 bits per heavy atom. The summed E-state index contributed by atoms with van der Waals surface area (Å²) in [6.45, 7) is 3.96. The number of hydrogen-bond acceptors (Lipinski definition) is 1. The van der Waals surface area contributed by atoms with E-state index in [1.165, 1.54) is 50.6 Å². The van der Waals surface area contributed by atoms with Crippen LogP contribution in [-0.4, -0.2) is 5.54 Å². The van der Waals surface area contributed by atoms with E-state index in [0.29, 0.717) is 0 Å². The molecule has 0 atom stereocenters. The lowest BCUT2D eigenvalue weighted by atomic mass is 9.81. The van der Waals surface area contributed by atoms with E-state index in [-0.39, 0.29) is 5.54 Å². The van der Waals surface area contributed by atoms with Crippen LogP contribution in [0.25, 0.3) is 0 Å². The minimum absolute atomic E-state index is 0.240. The molecule has 0 spiro atoms. The third-order valence-corrected chi connectivity index (χ3v) is 4.03. The highest BCUT2D eigenvalue weighted by Crippen LogP contribution is 2.32. The molecule has 0 heterocycles. The van der Waals surface area contributed by atoms with Gasteiger partial charge in [-0.15, -0.1) is 6.58 Å². The normalized spacial score (nSPS) is 19.6. The molecule has 1 nitrogen and oxygen atoms in total. The molecule has 1 aliphatic rings. The van der Waals surface area contributed by atoms with Crippen molar-refractivity contribution in [1.82, 2.24) is 0 Å². The maximum absolute atomic E-state index is 3.96. The van der Waals surface area contributed by atoms with E-state index in [2.05, 4.69) is 48.3 Å². The van der Waals surface area contributed by atoms with Crippen LogP contribution in [0.1, 0.15) is 51.4 Å². The minimum Gasteiger partial charge on any atom is -0.379 e. The Morgan fingerprint density at radius 1 is 1.00 bits per heavy atom. The SMILES string of the molecule is C=CCC1(Nc2ccccc2)CCCCCCC1. The number of nitrogens with one attached hydrogen (secondary N) is 1. The van der Waals surface area contributed by atoms with Crippen molar-refractivity contribution in [2.24, 2.45) is 0 Å². The number of benzene rings is 1. The molecule has 1 saturated carbocycles. The van der Waals surface area contributed by atoms with Gasteiger partial charge in [-0.25, -0.2) is 0 Å². The predicted octanol–water partition coefficient (Wildman–Crippen LogP) is 5.16. The lowest BCUT2D eigenvalue weighted by Gasteiger charge is -2.37. The van der Waals surface area contributed by atoms with Crippen LogP contribution in [0.15, 0.2) is 43.0 Å². The van der Waals surface area contributed by atoms with Crippen LogP contribution in [0.5, 0.6) is 0 Å². The zero-order valence-corrected chi connectivity index (χ0v) is 11.3. The molecular formula is C17H25N. The van der Waals surface area contributed by atoms with Gasteiger partial charge in [0.05, 0.1) is 0 Å². The molecule has 1 fully saturated rings. The van der Waals surface area contributed by atoms with E-state index >= 15 is 0 Å². The standard InChI is InChI=1S/C17H25N/c1-2-13-17(14-9-4-3-5-10-15-17)18-16-11-7-6-8-12-16/h2,6-8,11-12,18H,1,3-5,9-10,13-15H2. The molecule has 0 unspecified atom stereocenters. The first-order valence-corrected chi connectivity index (χ1v) is 7.29. The van der Waals surface area contributed by atoms with Gasteiger partial charge in [-0.2, -0.15) is 0 Å². The van der Waals surface area contributed by atoms with Crippen LogP contribution in [0.2, 0.25) is 0 Å². The molecule has 0 aliphatic heterocycles. The second-order valence-electron chi connectivity index (χ2n) is 5.53. The van der Waals surface area contributed by atoms with Crippen molar-refractivity contribution in [3.63, 3.8) is 0 Å². The molecule has 18 heavy (non-hydrogen) atoms. The first-order chi connectivity index (χ1) is 8.85. The topological polar surface area (TPSA) is 12.0 Å². The van der Waals surface area contributed by atoms with Gasteiger partial charge in [0.2, 0.25) is 0 Å². The van der Waals surface area contributed by atoms with E-state index < -0.39 is 0 Å². The second kappa shape index (κ2) is 6.63. The first kappa shape index (κ1) is 13.2. The summed E-state index contributed by atoms with van der Waals surface area (Å²) in [5.74, 6) is 0. The maximum Gasteiger partial charge on any atom is 0.0408 e. The Bertz CT molecular complexity index is 347. The van der Waals surface area contributed by atoms with Gasteiger partial charge in [0, 0.05) is 11.2 Å². The van der Waals surface area contributed by atoms with Gasteiger partial charge in [0.1, 0.15) is 0 Å². The lowest BCUT2D eigenvalue weighted by molar-refractivity contribution is 0.346. The fourth-order valence-electron chi connectivity index (χ4n) is 3.07. The Labute approximate surface area is 111 Å². The fourth-order valence-corrected chi connectivity index (χ4v) is 3.07. The Hall–Kier alpha value is -1.24. The number of para-hydroxylation sites is 1. The van der Waals surface area contributed by atoms with Crippen molar-refractivity contribution in [1.29, 1.82) is 0 Å². The van der Waals surface area contributed by atoms with E-state index in [1.807, 2.05) is 0 Å². The molecule has 2 rings (SSSR count). The highest BCUT2D eigenvalue weighted by molar-refractivity contribution is 5.45. The summed E-state index contributed by atoms with van der Waals surface area (Å²) in [6, 6.07) is 10.6. The van der Waals surface area contributed by atoms with E-state index in [9.17, 15) is 0 Å². The molecule has 0 saturated heterocycles. The average molecular weight is 243 g/mol. The van der Waals surface area contributed by atoms with Crippen molar-refractivity contribution in [3.05, 3.63) is 43.0 Å². The smallest absolute Gasteiger partial charge is 0.0408 e. The quantitative estimate of drug-likeness (QED) is 0.720. The van der Waals surface area contributed by atoms with Crippen LogP contribution in [0.3, 0.4) is 0 Å². The lowest BCUT2D eigenvalue weighted by Crippen LogP contribution is -2.38. The Balaban J connectivity index is 2.10. The van der Waals surface area contributed by atoms with Gasteiger partial charge in [0.25, 0.3) is 0 Å². The largest absolute Gasteiger partial charge is 0.379 e. The van der Waals surface area contributed by atoms with Crippen LogP contribution < -0.4 is 5.32 Å². The third-order valence-electron chi connectivity index (χ3n) is 4.03. The van der Waals surface area contributed by atoms with Crippen molar-refractivity contribution < 1.29 is 0 Å². The molecule has 1 aromatic rings. The summed E-state index contributed by atoms with van der Waals surface area (Å²) >= 11 is 0. The second-order valence-corrected chi connectivity index (χ2v) is 5.53. The molecule has 98 valence electrons. The zero-order valence-electron chi connectivity index (χ0n) is 11.3. The molecule has 1 aliphatic carbocycles. The minimum atomic E-state index is 0.240. The van der Waals surface area contributed by atoms with Crippen LogP contribution in [0.4, 0.5) is 5.69 Å². The molecule has 1 aromatic carbocycles. The highest BCUT2D eigenvalue weighted by Gasteiger charge is 2.28. The number of anilines is 1. The van der Waals surface area contributed by atoms with Crippen molar-refractivity contribution in [2.45, 2.75) is 56.9 Å². The van der Waals surface area contributed by atoms with Crippen molar-refractivity contribution >= 4 is 5.69 Å². The number of hydrogen-bond donors (Lipinski definition) is 1. The summed E-state index contributed by atoms with van der Waals surface area (Å²) in [5, 5.41) is 3.79. The third kappa shape index (κ3) is 3.63. The predicted molar refractivity (Wildman–Crippen MR) is 79.9 cm³/mol. The summed E-state index contributed by atoms with van der Waals surface area (Å²) in [5.41, 5.74) is 1.49. The molecular weight excluding hydrogens is 218 g/mol. The summed E-state index contributed by atoms with van der Waals surface area (Å²) in [4.78, 5) is 0. The molecule has 0 amide bonds. The molecule has 0 bridgehead atoms. The van der Waals surface area contributed by atoms with Gasteiger partial charge >= 0.3 is 0 Å². The van der Waals surface area contributed by atoms with Gasteiger partial charge in [0.15, 0.2) is 0 Å². The first-order valence-electron chi connectivity index (χ1n) is 7.29. The summed E-state index contributed by atoms with van der Waals surface area (Å²) in [6.07, 6.45) is 12.6. The van der Waals surface area contributed by atoms with E-state index in [1.54, 1.807) is 0 Å². The number of rotatable bonds is 4. The van der Waals surface area contributed by atoms with Crippen LogP contribution in [0, 0.1) is 0 Å². The highest BCUT2D eigenvalue weighted by atomic mass is 15.0. The van der Waals surface area contributed by atoms with Crippen LogP contribution >= 0.6 is 0 Å². The summed E-state index contributed by atoms with van der Waals surface area (Å²) in [7, 11) is 0. The van der Waals surface area contributed by atoms with Gasteiger partial charge in [-0.1, -0.05) is 56.4 Å². The molecule has 1 heteroatoms. The van der Waals surface area contributed by atoms with Gasteiger partial charge in [-0.3, -0.25) is 0 Å². The molecule has 0 radical (unpaired) electrons. The Kier molecular flexibility index (Phi) is 4.86. The van der Waals surface area contributed by atoms with Crippen LogP contribution in [-0.2, 0) is 0 Å². The van der Waals surface area contributed by atoms with E-state index in [4.69, 9.17) is 0 Å². The average Bonchev–Trinajstić information content (AvgIpc) is 2.36. The van der Waals surface area contributed by atoms with E-state index in [0.717, 1.165) is 6.42 Å². The van der Waals surface area contributed by atoms with Gasteiger partial charge in [-0.05, 0) is 31.4 Å². The molecule has 0 aromatic heterocycles. The monoisotopic (exact) mass is 243 g/mol. The molecule has 1 N–H and O–H groups in total. The summed E-state index contributed by atoms with van der Waals surface area (Å²) < 4.78 is 0. The zero-order chi connectivity index (χ0) is 12.7. The van der Waals surface area contributed by atoms with Crippen molar-refractivity contribution in [3.8, 4) is 0 Å². The maximum atomic E-state index is 3.96. The van der Waals surface area contributed by atoms with Gasteiger partial charge < -0.3 is 5.32 Å². The fraction of sp³-hybridized carbons (Fsp3) is 0.529. The Morgan fingerprint density at radius 2 is 1.61 bits per heavy atom.